The largest absolute Gasteiger partial charge is 0.338 e. The van der Waals surface area contributed by atoms with Gasteiger partial charge in [-0.1, -0.05) is 12.1 Å². The Bertz CT molecular complexity index is 1110. The van der Waals surface area contributed by atoms with E-state index in [4.69, 9.17) is 0 Å². The van der Waals surface area contributed by atoms with Gasteiger partial charge in [0.25, 0.3) is 5.91 Å². The van der Waals surface area contributed by atoms with Crippen LogP contribution in [-0.2, 0) is 0 Å². The zero-order chi connectivity index (χ0) is 21.3. The number of rotatable bonds is 4. The number of carbonyl (C=O) groups excluding carboxylic acids is 2. The van der Waals surface area contributed by atoms with Crippen molar-refractivity contribution < 1.29 is 22.8 Å². The fraction of sp³-hybridized carbons (Fsp3) is 0.227. The Labute approximate surface area is 175 Å². The van der Waals surface area contributed by atoms with Crippen molar-refractivity contribution in [1.82, 2.24) is 9.88 Å². The summed E-state index contributed by atoms with van der Waals surface area (Å²) in [4.78, 5) is 31.5. The lowest BCUT2D eigenvalue weighted by Crippen LogP contribution is -2.40. The predicted molar refractivity (Wildman–Crippen MR) is 107 cm³/mol. The Morgan fingerprint density at radius 2 is 1.73 bits per heavy atom. The molecule has 0 aliphatic carbocycles. The molecule has 0 bridgehead atoms. The molecule has 8 heteroatoms. The van der Waals surface area contributed by atoms with Crippen molar-refractivity contribution in [3.05, 3.63) is 76.6 Å². The summed E-state index contributed by atoms with van der Waals surface area (Å²) < 4.78 is 41.2. The smallest absolute Gasteiger partial charge is 0.265 e. The standard InChI is InChI=1S/C22H17F3N2O2S/c23-14-5-6-18(25)16(11-14)20(28)13-7-9-27(10-8-13)22(29)19-12-26-21(30-19)15-3-1-2-4-17(15)24/h1-6,11-13H,7-10H2. The maximum atomic E-state index is 13.9. The topological polar surface area (TPSA) is 50.3 Å². The first-order valence-electron chi connectivity index (χ1n) is 9.43. The second kappa shape index (κ2) is 8.39. The van der Waals surface area contributed by atoms with Gasteiger partial charge in [-0.2, -0.15) is 0 Å². The zero-order valence-corrected chi connectivity index (χ0v) is 16.6. The minimum atomic E-state index is -0.745. The molecule has 3 aromatic rings. The average Bonchev–Trinajstić information content (AvgIpc) is 3.25. The number of hydrogen-bond donors (Lipinski definition) is 0. The molecule has 0 radical (unpaired) electrons. The molecule has 30 heavy (non-hydrogen) atoms. The van der Waals surface area contributed by atoms with Crippen LogP contribution in [0.15, 0.2) is 48.7 Å². The van der Waals surface area contributed by atoms with Gasteiger partial charge in [0.2, 0.25) is 0 Å². The van der Waals surface area contributed by atoms with Crippen LogP contribution < -0.4 is 0 Å². The van der Waals surface area contributed by atoms with Gasteiger partial charge in [0, 0.05) is 24.6 Å². The first-order chi connectivity index (χ1) is 14.4. The fourth-order valence-electron chi connectivity index (χ4n) is 3.54. The predicted octanol–water partition coefficient (Wildman–Crippen LogP) is 4.96. The third kappa shape index (κ3) is 4.00. The molecule has 2 heterocycles. The summed E-state index contributed by atoms with van der Waals surface area (Å²) in [6, 6.07) is 9.05. The van der Waals surface area contributed by atoms with Crippen molar-refractivity contribution in [2.45, 2.75) is 12.8 Å². The number of thiazole rings is 1. The number of aromatic nitrogens is 1. The van der Waals surface area contributed by atoms with E-state index in [0.717, 1.165) is 29.5 Å². The summed E-state index contributed by atoms with van der Waals surface area (Å²) in [5.41, 5.74) is 0.0831. The number of amides is 1. The first-order valence-corrected chi connectivity index (χ1v) is 10.2. The summed E-state index contributed by atoms with van der Waals surface area (Å²) in [7, 11) is 0. The monoisotopic (exact) mass is 430 g/mol. The summed E-state index contributed by atoms with van der Waals surface area (Å²) in [5, 5.41) is 0.420. The summed E-state index contributed by atoms with van der Waals surface area (Å²) in [5.74, 6) is -2.97. The number of piperidine rings is 1. The van der Waals surface area contributed by atoms with Crippen LogP contribution in [0.2, 0.25) is 0 Å². The summed E-state index contributed by atoms with van der Waals surface area (Å²) in [6.07, 6.45) is 2.15. The van der Waals surface area contributed by atoms with Gasteiger partial charge in [-0.05, 0) is 43.2 Å². The number of Topliss-reactive ketones (excluding diaryl/α,β-unsaturated/α-hetero) is 1. The highest BCUT2D eigenvalue weighted by atomic mass is 32.1. The van der Waals surface area contributed by atoms with Crippen molar-refractivity contribution in [3.8, 4) is 10.6 Å². The molecule has 1 amide bonds. The molecular weight excluding hydrogens is 413 g/mol. The van der Waals surface area contributed by atoms with Crippen molar-refractivity contribution in [2.24, 2.45) is 5.92 Å². The molecule has 2 aromatic carbocycles. The molecule has 0 spiro atoms. The van der Waals surface area contributed by atoms with E-state index in [0.29, 0.717) is 41.4 Å². The van der Waals surface area contributed by atoms with Crippen LogP contribution in [0, 0.1) is 23.4 Å². The maximum absolute atomic E-state index is 13.9. The SMILES string of the molecule is O=C(c1cc(F)ccc1F)C1CCN(C(=O)c2cnc(-c3ccccc3F)s2)CC1. The first kappa shape index (κ1) is 20.3. The lowest BCUT2D eigenvalue weighted by molar-refractivity contribution is 0.0652. The number of nitrogens with zero attached hydrogens (tertiary/aromatic N) is 2. The van der Waals surface area contributed by atoms with Crippen LogP contribution in [-0.4, -0.2) is 34.7 Å². The minimum Gasteiger partial charge on any atom is -0.338 e. The third-order valence-corrected chi connectivity index (χ3v) is 6.19. The summed E-state index contributed by atoms with van der Waals surface area (Å²) >= 11 is 1.11. The average molecular weight is 430 g/mol. The molecule has 1 saturated heterocycles. The number of benzene rings is 2. The highest BCUT2D eigenvalue weighted by Crippen LogP contribution is 2.29. The Balaban J connectivity index is 1.42. The van der Waals surface area contributed by atoms with Gasteiger partial charge in [-0.25, -0.2) is 18.2 Å². The number of ketones is 1. The Morgan fingerprint density at radius 3 is 2.47 bits per heavy atom. The second-order valence-corrected chi connectivity index (χ2v) is 8.10. The van der Waals surface area contributed by atoms with Crippen molar-refractivity contribution in [2.75, 3.05) is 13.1 Å². The molecule has 1 aliphatic rings. The van der Waals surface area contributed by atoms with Gasteiger partial charge in [0.15, 0.2) is 5.78 Å². The number of hydrogen-bond acceptors (Lipinski definition) is 4. The van der Waals surface area contributed by atoms with E-state index in [1.165, 1.54) is 12.3 Å². The molecule has 1 aliphatic heterocycles. The molecular formula is C22H17F3N2O2S. The quantitative estimate of drug-likeness (QED) is 0.550. The summed E-state index contributed by atoms with van der Waals surface area (Å²) in [6.45, 7) is 0.637. The van der Waals surface area contributed by atoms with Gasteiger partial charge in [0.05, 0.1) is 11.8 Å². The van der Waals surface area contributed by atoms with Crippen LogP contribution >= 0.6 is 11.3 Å². The van der Waals surface area contributed by atoms with Gasteiger partial charge in [-0.3, -0.25) is 9.59 Å². The Hall–Kier alpha value is -3.00. The molecule has 4 nitrogen and oxygen atoms in total. The molecule has 0 atom stereocenters. The normalized spacial score (nSPS) is 14.7. The van der Waals surface area contributed by atoms with Crippen LogP contribution in [0.25, 0.3) is 10.6 Å². The van der Waals surface area contributed by atoms with Crippen molar-refractivity contribution >= 4 is 23.0 Å². The lowest BCUT2D eigenvalue weighted by atomic mass is 9.88. The molecule has 0 unspecified atom stereocenters. The maximum Gasteiger partial charge on any atom is 0.265 e. The van der Waals surface area contributed by atoms with E-state index in [2.05, 4.69) is 4.98 Å². The highest BCUT2D eigenvalue weighted by molar-refractivity contribution is 7.16. The van der Waals surface area contributed by atoms with Crippen LogP contribution in [0.3, 0.4) is 0 Å². The van der Waals surface area contributed by atoms with Crippen LogP contribution in [0.4, 0.5) is 13.2 Å². The van der Waals surface area contributed by atoms with E-state index in [-0.39, 0.29) is 11.5 Å². The minimum absolute atomic E-state index is 0.238. The molecule has 4 rings (SSSR count). The second-order valence-electron chi connectivity index (χ2n) is 7.06. The molecule has 1 aromatic heterocycles. The van der Waals surface area contributed by atoms with Crippen LogP contribution in [0.5, 0.6) is 0 Å². The van der Waals surface area contributed by atoms with E-state index in [9.17, 15) is 22.8 Å². The number of carbonyl (C=O) groups is 2. The Morgan fingerprint density at radius 1 is 1.00 bits per heavy atom. The lowest BCUT2D eigenvalue weighted by Gasteiger charge is -2.31. The van der Waals surface area contributed by atoms with Crippen LogP contribution in [0.1, 0.15) is 32.9 Å². The van der Waals surface area contributed by atoms with Gasteiger partial charge in [-0.15, -0.1) is 11.3 Å². The molecule has 154 valence electrons. The highest BCUT2D eigenvalue weighted by Gasteiger charge is 2.30. The van der Waals surface area contributed by atoms with Gasteiger partial charge >= 0.3 is 0 Å². The van der Waals surface area contributed by atoms with E-state index in [1.54, 1.807) is 23.1 Å². The van der Waals surface area contributed by atoms with Gasteiger partial charge in [0.1, 0.15) is 27.3 Å². The number of halogens is 3. The third-order valence-electron chi connectivity index (χ3n) is 5.17. The molecule has 0 N–H and O–H groups in total. The van der Waals surface area contributed by atoms with Crippen molar-refractivity contribution in [3.63, 3.8) is 0 Å². The zero-order valence-electron chi connectivity index (χ0n) is 15.8. The van der Waals surface area contributed by atoms with Crippen molar-refractivity contribution in [1.29, 1.82) is 0 Å². The Kier molecular flexibility index (Phi) is 5.67. The van der Waals surface area contributed by atoms with E-state index >= 15 is 0 Å². The molecule has 0 saturated carbocycles. The van der Waals surface area contributed by atoms with Gasteiger partial charge < -0.3 is 4.90 Å². The number of likely N-dealkylation sites (tertiary alicyclic amines) is 1. The van der Waals surface area contributed by atoms with E-state index in [1.807, 2.05) is 0 Å². The molecule has 1 fully saturated rings. The van der Waals surface area contributed by atoms with E-state index < -0.39 is 29.2 Å². The fourth-order valence-corrected chi connectivity index (χ4v) is 4.45.